The van der Waals surface area contributed by atoms with Gasteiger partial charge in [0.1, 0.15) is 24.4 Å². The highest BCUT2D eigenvalue weighted by molar-refractivity contribution is 7.69. The summed E-state index contributed by atoms with van der Waals surface area (Å²) in [7, 11) is -23.5. The van der Waals surface area contributed by atoms with E-state index >= 15 is 0 Å². The number of phosphoric ester groups is 1. The number of ether oxygens (including phenoxy) is 1. The molecule has 3 rings (SSSR count). The lowest BCUT2D eigenvalue weighted by molar-refractivity contribution is -0.0229. The third kappa shape index (κ3) is 9.03. The predicted octanol–water partition coefficient (Wildman–Crippen LogP) is -1.92. The molecule has 2 fully saturated rings. The molecule has 0 bridgehead atoms. The van der Waals surface area contributed by atoms with Crippen LogP contribution in [0, 0.1) is 0 Å². The molecule has 7 atom stereocenters. The Bertz CT molecular complexity index is 1350. The second kappa shape index (κ2) is 12.1. The van der Waals surface area contributed by atoms with Crippen LogP contribution in [0.25, 0.3) is 0 Å². The number of phosphoric acid groups is 4. The Labute approximate surface area is 217 Å². The number of aromatic amines is 1. The fourth-order valence-corrected chi connectivity index (χ4v) is 8.28. The van der Waals surface area contributed by atoms with Crippen molar-refractivity contribution in [1.29, 1.82) is 0 Å². The van der Waals surface area contributed by atoms with E-state index in [0.717, 1.165) is 6.20 Å². The predicted molar refractivity (Wildman–Crippen MR) is 123 cm³/mol. The van der Waals surface area contributed by atoms with E-state index in [-0.39, 0.29) is 11.6 Å². The number of piperidine rings is 1. The minimum Gasteiger partial charge on any atom is -0.387 e. The summed E-state index contributed by atoms with van der Waals surface area (Å²) >= 11 is 0. The zero-order chi connectivity index (χ0) is 29.4. The van der Waals surface area contributed by atoms with Crippen molar-refractivity contribution in [2.75, 3.05) is 19.7 Å². The molecule has 0 radical (unpaired) electrons. The normalized spacial score (nSPS) is 29.4. The Hall–Kier alpha value is -0.920. The molecule has 3 unspecified atom stereocenters. The fraction of sp³-hybridized carbons (Fsp3) is 0.714. The molecule has 2 saturated heterocycles. The third-order valence-electron chi connectivity index (χ3n) is 5.39. The van der Waals surface area contributed by atoms with Crippen LogP contribution >= 0.6 is 31.3 Å². The quantitative estimate of drug-likeness (QED) is 0.118. The first-order valence-corrected chi connectivity index (χ1v) is 16.7. The number of nitrogens with one attached hydrogen (secondary N) is 2. The molecule has 0 saturated carbocycles. The summed E-state index contributed by atoms with van der Waals surface area (Å²) < 4.78 is 67.3. The lowest BCUT2D eigenvalue weighted by Gasteiger charge is -2.25. The summed E-state index contributed by atoms with van der Waals surface area (Å²) in [5, 5.41) is 23.8. The van der Waals surface area contributed by atoms with Gasteiger partial charge in [-0.1, -0.05) is 0 Å². The Morgan fingerprint density at radius 2 is 1.46 bits per heavy atom. The van der Waals surface area contributed by atoms with Crippen LogP contribution in [0.1, 0.15) is 30.6 Å². The van der Waals surface area contributed by atoms with Crippen molar-refractivity contribution >= 4 is 31.3 Å². The number of hydrogen-bond acceptors (Lipinski definition) is 14. The molecular weight excluding hydrogens is 622 g/mol. The second-order valence-corrected chi connectivity index (χ2v) is 14.3. The summed E-state index contributed by atoms with van der Waals surface area (Å²) in [5.74, 6) is 0. The van der Waals surface area contributed by atoms with Crippen LogP contribution in [-0.2, 0) is 40.5 Å². The SMILES string of the molecule is O=c1[nH]c(=O)n(C2CCNCC2)cc1[C@@H]1O[C@H](COP(=O)(O)OP(=O)(O)OP(=O)(O)OP(=O)(O)O)[C@@H](O)[C@H]1O. The monoisotopic (exact) mass is 647 g/mol. The van der Waals surface area contributed by atoms with Gasteiger partial charge in [0.15, 0.2) is 0 Å². The van der Waals surface area contributed by atoms with Crippen LogP contribution < -0.4 is 16.6 Å². The molecule has 224 valence electrons. The summed E-state index contributed by atoms with van der Waals surface area (Å²) in [6.45, 7) is 0.0753. The largest absolute Gasteiger partial charge is 0.490 e. The Morgan fingerprint density at radius 3 is 2.05 bits per heavy atom. The average molecular weight is 647 g/mol. The summed E-state index contributed by atoms with van der Waals surface area (Å²) in [5.41, 5.74) is -1.91. The van der Waals surface area contributed by atoms with E-state index in [1.807, 2.05) is 0 Å². The van der Waals surface area contributed by atoms with Gasteiger partial charge in [-0.3, -0.25) is 18.9 Å². The lowest BCUT2D eigenvalue weighted by atomic mass is 10.0. The molecule has 25 heteroatoms. The molecular formula is C14H25N3O18P4. The van der Waals surface area contributed by atoms with Gasteiger partial charge in [0, 0.05) is 12.2 Å². The van der Waals surface area contributed by atoms with Gasteiger partial charge in [-0.15, -0.1) is 0 Å². The molecule has 0 amide bonds. The van der Waals surface area contributed by atoms with Gasteiger partial charge >= 0.3 is 37.0 Å². The van der Waals surface area contributed by atoms with Crippen LogP contribution in [0.3, 0.4) is 0 Å². The summed E-state index contributed by atoms with van der Waals surface area (Å²) in [6.07, 6.45) is -4.61. The molecule has 1 aromatic heterocycles. The van der Waals surface area contributed by atoms with E-state index in [2.05, 4.69) is 27.8 Å². The van der Waals surface area contributed by atoms with Gasteiger partial charge in [0.05, 0.1) is 12.2 Å². The molecule has 1 aromatic rings. The molecule has 0 aromatic carbocycles. The molecule has 39 heavy (non-hydrogen) atoms. The number of nitrogens with zero attached hydrogens (tertiary/aromatic N) is 1. The van der Waals surface area contributed by atoms with Crippen molar-refractivity contribution in [1.82, 2.24) is 14.9 Å². The third-order valence-corrected chi connectivity index (χ3v) is 10.8. The second-order valence-electron chi connectivity index (χ2n) is 8.25. The number of aliphatic hydroxyl groups is 2. The topological polar surface area (TPSA) is 323 Å². The Kier molecular flexibility index (Phi) is 10.1. The molecule has 2 aliphatic heterocycles. The van der Waals surface area contributed by atoms with Crippen LogP contribution in [0.2, 0.25) is 0 Å². The lowest BCUT2D eigenvalue weighted by Crippen LogP contribution is -2.39. The van der Waals surface area contributed by atoms with Crippen LogP contribution in [-0.4, -0.2) is 82.2 Å². The minimum absolute atomic E-state index is 0.261. The maximum atomic E-state index is 12.4. The van der Waals surface area contributed by atoms with Gasteiger partial charge in [-0.25, -0.2) is 23.1 Å². The van der Waals surface area contributed by atoms with Crippen LogP contribution in [0.4, 0.5) is 0 Å². The van der Waals surface area contributed by atoms with Crippen molar-refractivity contribution < 1.29 is 75.1 Å². The van der Waals surface area contributed by atoms with Crippen molar-refractivity contribution in [3.63, 3.8) is 0 Å². The minimum atomic E-state index is -6.06. The summed E-state index contributed by atoms with van der Waals surface area (Å²) in [6, 6.07) is -0.285. The van der Waals surface area contributed by atoms with E-state index in [1.54, 1.807) is 0 Å². The molecule has 2 aliphatic rings. The highest BCUT2D eigenvalue weighted by Crippen LogP contribution is 2.70. The van der Waals surface area contributed by atoms with Gasteiger partial charge in [-0.05, 0) is 25.9 Å². The molecule has 21 nitrogen and oxygen atoms in total. The zero-order valence-electron chi connectivity index (χ0n) is 19.4. The van der Waals surface area contributed by atoms with Gasteiger partial charge in [-0.2, -0.15) is 12.9 Å². The van der Waals surface area contributed by atoms with Crippen molar-refractivity contribution in [2.24, 2.45) is 0 Å². The van der Waals surface area contributed by atoms with E-state index < -0.39 is 73.6 Å². The molecule has 3 heterocycles. The standard InChI is InChI=1S/C14H25N3O18P4/c18-10-9(6-31-37(25,26)34-39(29,30)35-38(27,28)33-36(22,23)24)32-12(11(10)19)8-5-17(14(21)16-13(8)20)7-1-3-15-4-2-7/h5,7,9-12,15,18-19H,1-4,6H2,(H,25,26)(H,27,28)(H,29,30)(H,16,20,21)(H2,22,23,24)/t9-,10-,11-,12+/m1/s1. The molecule has 0 aliphatic carbocycles. The van der Waals surface area contributed by atoms with Crippen molar-refractivity contribution in [3.05, 3.63) is 32.6 Å². The average Bonchev–Trinajstić information content (AvgIpc) is 3.03. The van der Waals surface area contributed by atoms with Crippen molar-refractivity contribution in [3.8, 4) is 0 Å². The first-order chi connectivity index (χ1) is 17.8. The Balaban J connectivity index is 1.69. The molecule has 0 spiro atoms. The maximum Gasteiger partial charge on any atom is 0.490 e. The summed E-state index contributed by atoms with van der Waals surface area (Å²) in [4.78, 5) is 72.0. The van der Waals surface area contributed by atoms with Gasteiger partial charge in [0.25, 0.3) is 5.56 Å². The van der Waals surface area contributed by atoms with Gasteiger partial charge < -0.3 is 44.7 Å². The highest BCUT2D eigenvalue weighted by Gasteiger charge is 2.48. The zero-order valence-corrected chi connectivity index (χ0v) is 22.9. The van der Waals surface area contributed by atoms with E-state index in [9.17, 15) is 47.8 Å². The van der Waals surface area contributed by atoms with E-state index in [4.69, 9.17) is 19.4 Å². The number of H-pyrrole nitrogens is 1. The number of hydrogen-bond donors (Lipinski definition) is 9. The first-order valence-electron chi connectivity index (χ1n) is 10.7. The number of rotatable bonds is 11. The smallest absolute Gasteiger partial charge is 0.387 e. The number of aliphatic hydroxyl groups excluding tert-OH is 2. The Morgan fingerprint density at radius 1 is 0.897 bits per heavy atom. The van der Waals surface area contributed by atoms with Gasteiger partial charge in [0.2, 0.25) is 0 Å². The maximum absolute atomic E-state index is 12.4. The van der Waals surface area contributed by atoms with Crippen LogP contribution in [0.15, 0.2) is 15.8 Å². The highest BCUT2D eigenvalue weighted by atomic mass is 31.3. The molecule has 9 N–H and O–H groups in total. The van der Waals surface area contributed by atoms with E-state index in [1.165, 1.54) is 4.57 Å². The van der Waals surface area contributed by atoms with Crippen LogP contribution in [0.5, 0.6) is 0 Å². The van der Waals surface area contributed by atoms with Crippen molar-refractivity contribution in [2.45, 2.75) is 43.3 Å². The first kappa shape index (κ1) is 32.6. The fourth-order valence-electron chi connectivity index (χ4n) is 3.82. The van der Waals surface area contributed by atoms with E-state index in [0.29, 0.717) is 25.9 Å². The number of aromatic nitrogens is 2.